The van der Waals surface area contributed by atoms with Crippen molar-refractivity contribution in [3.8, 4) is 0 Å². The number of aliphatic hydroxyl groups is 2. The summed E-state index contributed by atoms with van der Waals surface area (Å²) in [5, 5.41) is 40.0. The number of methoxy groups -OCH3 is 2. The molecule has 0 spiro atoms. The number of unbranched alkanes of at least 4 members (excludes halogenated alkanes) is 6. The van der Waals surface area contributed by atoms with Crippen molar-refractivity contribution < 1.29 is 73.1 Å². The predicted molar refractivity (Wildman–Crippen MR) is 430 cm³/mol. The van der Waals surface area contributed by atoms with E-state index in [-0.39, 0.29) is 51.8 Å². The number of ether oxygens (including phenoxy) is 2. The highest BCUT2D eigenvalue weighted by molar-refractivity contribution is 9.09. The lowest BCUT2D eigenvalue weighted by Gasteiger charge is -2.18. The number of carboxylic acids is 2. The van der Waals surface area contributed by atoms with Gasteiger partial charge in [0.05, 0.1) is 25.0 Å². The van der Waals surface area contributed by atoms with Crippen LogP contribution in [0.1, 0.15) is 206 Å². The second-order valence-electron chi connectivity index (χ2n) is 24.5. The third kappa shape index (κ3) is 57.4. The Balaban J connectivity index is -0.000000365. The van der Waals surface area contributed by atoms with Gasteiger partial charge in [-0.05, 0) is 237 Å². The molecule has 12 radical (unpaired) electrons. The third-order valence-corrected chi connectivity index (χ3v) is 17.6. The molecule has 4 N–H and O–H groups in total. The lowest BCUT2D eigenvalue weighted by molar-refractivity contribution is -0.148. The van der Waals surface area contributed by atoms with Crippen LogP contribution in [0.4, 0.5) is 0 Å². The zero-order valence-electron chi connectivity index (χ0n) is 59.2. The number of carboxylic acid groups (broad SMARTS) is 2. The molecule has 0 amide bonds. The molecule has 0 saturated heterocycles. The number of hydrogen-bond donors (Lipinski definition) is 4. The summed E-state index contributed by atoms with van der Waals surface area (Å²) >= 11 is 13.8. The largest absolute Gasteiger partial charge is 1.00 e. The molecule has 5 aromatic rings. The standard InChI is InChI=1S/C22H34O4.C16H22O4.C14H20Br2.C14H22O2.C10H12Br2.CH4.B3.B2.B.HI/c1-21(2,19(23)24)15-7-5-9-17-11-13-18(14-12-17)10-6-8-16-22(3,4)20(25)26;1-19-15(17)7-3-5-13-9-11-14(12-10-13)6-4-8-16(18)20-2;2*15-11-3-1-5-13-7-9-14(10-8-13)6-2-4-12-16;11-7-5-9-1-2-10(4-3-9)6-8-12;;1-3-2;1-2;;/h11-14H,5-10,15-16H2,1-4H3,(H,23,24)(H,25,26);9-12H,3-8H2,1-2H3;7-10H,1-6,11-12H2;7-10,15-16H,1-6,11-12H2;1-4H,5-8H2;1H4;;;;1H/p-1. The Morgan fingerprint density at radius 3 is 0.724 bits per heavy atom. The Morgan fingerprint density at radius 2 is 0.551 bits per heavy atom. The highest BCUT2D eigenvalue weighted by atomic mass is 127. The number of hydrogen-bond acceptors (Lipinski definition) is 8. The second kappa shape index (κ2) is 69.6. The Labute approximate surface area is 652 Å². The van der Waals surface area contributed by atoms with Crippen LogP contribution in [-0.4, -0.2) is 139 Å². The number of aliphatic carboxylic acids is 2. The van der Waals surface area contributed by atoms with Crippen molar-refractivity contribution in [1.29, 1.82) is 0 Å². The van der Waals surface area contributed by atoms with Gasteiger partial charge in [0.25, 0.3) is 0 Å². The van der Waals surface area contributed by atoms with Crippen molar-refractivity contribution in [2.75, 3.05) is 48.8 Å². The molecular formula is C77H114B6Br4IO10-. The molecular weight excluding hydrogens is 1600 g/mol. The lowest BCUT2D eigenvalue weighted by Crippen LogP contribution is -3.00. The van der Waals surface area contributed by atoms with Crippen LogP contribution < -0.4 is 24.0 Å². The topological polar surface area (TPSA) is 168 Å². The molecule has 0 atom stereocenters. The molecule has 0 aliphatic heterocycles. The zero-order valence-corrected chi connectivity index (χ0v) is 67.7. The molecule has 0 saturated carbocycles. The maximum Gasteiger partial charge on any atom is 0.309 e. The van der Waals surface area contributed by atoms with Crippen molar-refractivity contribution in [1.82, 2.24) is 0 Å². The highest BCUT2D eigenvalue weighted by Gasteiger charge is 2.27. The minimum atomic E-state index is -0.728. The fourth-order valence-electron chi connectivity index (χ4n) is 9.39. The number of aryl methyl sites for hydroxylation is 10. The molecule has 10 nitrogen and oxygen atoms in total. The summed E-state index contributed by atoms with van der Waals surface area (Å²) in [5.41, 5.74) is 12.2. The van der Waals surface area contributed by atoms with Crippen molar-refractivity contribution in [3.63, 3.8) is 0 Å². The van der Waals surface area contributed by atoms with Gasteiger partial charge >= 0.3 is 23.9 Å². The van der Waals surface area contributed by atoms with E-state index in [2.05, 4.69) is 225 Å². The molecule has 0 heterocycles. The number of rotatable bonds is 40. The maximum absolute atomic E-state index is 11.1. The van der Waals surface area contributed by atoms with E-state index in [1.54, 1.807) is 27.7 Å². The summed E-state index contributed by atoms with van der Waals surface area (Å²) in [6.45, 7) is 7.70. The number of aliphatic hydroxyl groups excluding tert-OH is 2. The lowest BCUT2D eigenvalue weighted by atomic mass is 9.40. The number of carbonyl (C=O) groups excluding carboxylic acids is 2. The van der Waals surface area contributed by atoms with Crippen LogP contribution in [0.5, 0.6) is 0 Å². The summed E-state index contributed by atoms with van der Waals surface area (Å²) in [4.78, 5) is 44.2. The van der Waals surface area contributed by atoms with E-state index in [0.717, 1.165) is 144 Å². The Hall–Kier alpha value is -3.06. The van der Waals surface area contributed by atoms with Gasteiger partial charge in [-0.1, -0.05) is 205 Å². The monoisotopic (exact) mass is 1710 g/mol. The van der Waals surface area contributed by atoms with Crippen LogP contribution in [-0.2, 0) is 92.9 Å². The van der Waals surface area contributed by atoms with Gasteiger partial charge in [0, 0.05) is 93.8 Å². The van der Waals surface area contributed by atoms with Gasteiger partial charge < -0.3 is 53.9 Å². The van der Waals surface area contributed by atoms with E-state index in [4.69, 9.17) is 20.4 Å². The smallest absolute Gasteiger partial charge is 0.309 e. The number of carbonyl (C=O) groups is 4. The fourth-order valence-corrected chi connectivity index (χ4v) is 11.1. The van der Waals surface area contributed by atoms with Crippen LogP contribution in [0.25, 0.3) is 0 Å². The molecule has 0 bridgehead atoms. The normalized spacial score (nSPS) is 10.2. The molecule has 98 heavy (non-hydrogen) atoms. The Kier molecular flexibility index (Phi) is 73.6. The molecule has 0 aromatic heterocycles. The predicted octanol–water partition coefficient (Wildman–Crippen LogP) is 14.4. The SMILES string of the molecule is BrCCCCc1ccc(CCCCBr)cc1.BrCCc1ccc(CCBr)cc1.C.CC(C)(CCCCc1ccc(CCCCC(C)(C)C(=O)O)cc1)C(=O)O.COC(=O)CCCc1ccc(CCCC(=O)OC)cc1.OCCCCc1ccc(CCCCO)cc1.[B].[B][B].[B][B][B].[I-]. The summed E-state index contributed by atoms with van der Waals surface area (Å²) < 4.78 is 9.21. The molecule has 5 aromatic carbocycles. The van der Waals surface area contributed by atoms with E-state index >= 15 is 0 Å². The molecule has 0 unspecified atom stereocenters. The van der Waals surface area contributed by atoms with E-state index in [1.165, 1.54) is 108 Å². The van der Waals surface area contributed by atoms with Gasteiger partial charge in [0.1, 0.15) is 0 Å². The first-order valence-electron chi connectivity index (χ1n) is 33.7. The number of esters is 2. The van der Waals surface area contributed by atoms with Gasteiger partial charge in [-0.2, -0.15) is 0 Å². The molecule has 0 aliphatic carbocycles. The summed E-state index contributed by atoms with van der Waals surface area (Å²) in [5.74, 6) is -1.78. The van der Waals surface area contributed by atoms with Gasteiger partial charge in [0.2, 0.25) is 0 Å². The van der Waals surface area contributed by atoms with E-state index < -0.39 is 22.8 Å². The average molecular weight is 1710 g/mol. The number of benzene rings is 5. The third-order valence-electron chi connectivity index (χ3n) is 15.7. The maximum atomic E-state index is 11.1. The van der Waals surface area contributed by atoms with E-state index in [1.807, 2.05) is 0 Å². The second-order valence-corrected chi connectivity index (χ2v) is 27.6. The first-order chi connectivity index (χ1) is 45.7. The molecule has 536 valence electrons. The quantitative estimate of drug-likeness (QED) is 0.00974. The van der Waals surface area contributed by atoms with Gasteiger partial charge in [-0.25, -0.2) is 0 Å². The fraction of sp³-hybridized carbons (Fsp3) is 0.558. The first-order valence-corrected chi connectivity index (χ1v) is 38.2. The first kappa shape index (κ1) is 104. The van der Waals surface area contributed by atoms with Crippen molar-refractivity contribution in [3.05, 3.63) is 177 Å². The summed E-state index contributed by atoms with van der Waals surface area (Å²) in [6, 6.07) is 43.6. The van der Waals surface area contributed by atoms with Gasteiger partial charge in [0.15, 0.2) is 0 Å². The van der Waals surface area contributed by atoms with Crippen LogP contribution in [0.2, 0.25) is 0 Å². The minimum absolute atomic E-state index is 0. The van der Waals surface area contributed by atoms with E-state index in [0.29, 0.717) is 38.9 Å². The zero-order chi connectivity index (χ0) is 71.4. The van der Waals surface area contributed by atoms with Crippen LogP contribution in [0.3, 0.4) is 0 Å². The highest BCUT2D eigenvalue weighted by Crippen LogP contribution is 2.26. The summed E-state index contributed by atoms with van der Waals surface area (Å²) in [7, 11) is 20.8. The molecule has 0 aliphatic rings. The average Bonchev–Trinajstić information content (AvgIpc) is 1.12. The number of alkyl halides is 4. The Morgan fingerprint density at radius 1 is 0.367 bits per heavy atom. The Bertz CT molecular complexity index is 2410. The number of halogens is 5. The van der Waals surface area contributed by atoms with Gasteiger partial charge in [-0.3, -0.25) is 19.2 Å². The van der Waals surface area contributed by atoms with Crippen LogP contribution in [0, 0.1) is 10.8 Å². The van der Waals surface area contributed by atoms with E-state index in [9.17, 15) is 19.2 Å². The van der Waals surface area contributed by atoms with Crippen LogP contribution in [0.15, 0.2) is 121 Å². The van der Waals surface area contributed by atoms with Crippen molar-refractivity contribution >= 4 is 134 Å². The van der Waals surface area contributed by atoms with Crippen molar-refractivity contribution in [2.45, 2.75) is 215 Å². The van der Waals surface area contributed by atoms with Gasteiger partial charge in [-0.15, -0.1) is 0 Å². The van der Waals surface area contributed by atoms with Crippen LogP contribution >= 0.6 is 63.7 Å². The summed E-state index contributed by atoms with van der Waals surface area (Å²) in [6.07, 6.45) is 27.2. The van der Waals surface area contributed by atoms with Crippen molar-refractivity contribution in [2.24, 2.45) is 10.8 Å². The molecule has 21 heteroatoms. The minimum Gasteiger partial charge on any atom is -1.00 e. The molecule has 5 rings (SSSR count). The molecule has 0 fully saturated rings.